The summed E-state index contributed by atoms with van der Waals surface area (Å²) in [7, 11) is 6.72. The van der Waals surface area contributed by atoms with Gasteiger partial charge in [-0.15, -0.1) is 0 Å². The highest BCUT2D eigenvalue weighted by Crippen LogP contribution is 2.42. The lowest BCUT2D eigenvalue weighted by Gasteiger charge is -2.50. The van der Waals surface area contributed by atoms with Crippen molar-refractivity contribution in [3.05, 3.63) is 12.7 Å². The maximum absolute atomic E-state index is 14.5. The van der Waals surface area contributed by atoms with Gasteiger partial charge >= 0.3 is 17.9 Å². The molecule has 3 aliphatic rings. The molecular formula is C43H74N2O15. The lowest BCUT2D eigenvalue weighted by Crippen LogP contribution is -2.61. The van der Waals surface area contributed by atoms with E-state index in [2.05, 4.69) is 11.9 Å². The normalized spacial score (nSPS) is 43.8. The van der Waals surface area contributed by atoms with Crippen LogP contribution in [-0.2, 0) is 61.8 Å². The van der Waals surface area contributed by atoms with Gasteiger partial charge in [-0.3, -0.25) is 14.4 Å². The van der Waals surface area contributed by atoms with Gasteiger partial charge in [-0.2, -0.15) is 0 Å². The minimum atomic E-state index is -1.99. The van der Waals surface area contributed by atoms with E-state index >= 15 is 0 Å². The SMILES string of the molecule is C=CC(=O)O[C@H]1[C@H](C)OC(O[C@H]2[C@H](C)[C@@H](O[C@@H]3O[C@H](C)C[C@H](N(C)C)[C@H]3OC(C)=O)[C@](C)(OC)C[C@@H](C)C(=O)N[C@H](C)[C@@H](O)[C@](C)(O)[C@@H](CC)OC(=O)[C@@H]2C)C[C@@]1(C)OC. The average molecular weight is 859 g/mol. The smallest absolute Gasteiger partial charge is 0.330 e. The minimum Gasteiger partial charge on any atom is -0.459 e. The van der Waals surface area contributed by atoms with Crippen molar-refractivity contribution in [2.45, 2.75) is 192 Å². The molecule has 0 aromatic heterocycles. The van der Waals surface area contributed by atoms with Gasteiger partial charge in [0.15, 0.2) is 24.8 Å². The van der Waals surface area contributed by atoms with Crippen LogP contribution in [0.4, 0.5) is 0 Å². The second kappa shape index (κ2) is 21.1. The Labute approximate surface area is 356 Å². The molecule has 0 aliphatic carbocycles. The Hall–Kier alpha value is -2.74. The fourth-order valence-electron chi connectivity index (χ4n) is 9.10. The Kier molecular flexibility index (Phi) is 18.1. The molecule has 3 fully saturated rings. The van der Waals surface area contributed by atoms with Gasteiger partial charge in [0.25, 0.3) is 0 Å². The number of carbonyl (C=O) groups excluding carboxylic acids is 4. The van der Waals surface area contributed by atoms with Gasteiger partial charge in [0.05, 0.1) is 48.0 Å². The molecule has 1 unspecified atom stereocenters. The van der Waals surface area contributed by atoms with Gasteiger partial charge in [-0.25, -0.2) is 4.79 Å². The first kappa shape index (κ1) is 51.6. The van der Waals surface area contributed by atoms with Crippen LogP contribution in [0.25, 0.3) is 0 Å². The molecule has 18 atom stereocenters. The van der Waals surface area contributed by atoms with Crippen molar-refractivity contribution in [1.82, 2.24) is 10.2 Å². The topological polar surface area (TPSA) is 207 Å². The van der Waals surface area contributed by atoms with Crippen molar-refractivity contribution in [3.8, 4) is 0 Å². The summed E-state index contributed by atoms with van der Waals surface area (Å²) in [5.74, 6) is -5.04. The molecule has 3 N–H and O–H groups in total. The van der Waals surface area contributed by atoms with E-state index in [1.165, 1.54) is 28.1 Å². The van der Waals surface area contributed by atoms with Crippen molar-refractivity contribution in [1.29, 1.82) is 0 Å². The largest absolute Gasteiger partial charge is 0.459 e. The molecular weight excluding hydrogens is 784 g/mol. The summed E-state index contributed by atoms with van der Waals surface area (Å²) in [6, 6.07) is -1.26. The van der Waals surface area contributed by atoms with E-state index in [0.717, 1.165) is 6.08 Å². The first-order chi connectivity index (χ1) is 27.8. The number of carbonyl (C=O) groups is 4. The van der Waals surface area contributed by atoms with Gasteiger partial charge in [0, 0.05) is 45.5 Å². The third-order valence-corrected chi connectivity index (χ3v) is 12.8. The summed E-state index contributed by atoms with van der Waals surface area (Å²) in [5, 5.41) is 26.0. The van der Waals surface area contributed by atoms with Crippen molar-refractivity contribution < 1.29 is 72.0 Å². The Morgan fingerprint density at radius 3 is 2.07 bits per heavy atom. The minimum absolute atomic E-state index is 0.0524. The zero-order valence-electron chi connectivity index (χ0n) is 38.4. The Morgan fingerprint density at radius 1 is 0.933 bits per heavy atom. The number of cyclic esters (lactones) is 1. The number of nitrogens with one attached hydrogen (secondary N) is 1. The quantitative estimate of drug-likeness (QED) is 0.155. The molecule has 0 aromatic rings. The van der Waals surface area contributed by atoms with Gasteiger partial charge in [-0.1, -0.05) is 27.4 Å². The number of methoxy groups -OCH3 is 2. The van der Waals surface area contributed by atoms with Crippen LogP contribution in [0.1, 0.15) is 102 Å². The highest BCUT2D eigenvalue weighted by molar-refractivity contribution is 5.81. The van der Waals surface area contributed by atoms with Crippen LogP contribution in [0, 0.1) is 17.8 Å². The predicted molar refractivity (Wildman–Crippen MR) is 218 cm³/mol. The molecule has 0 aromatic carbocycles. The molecule has 346 valence electrons. The standard InChI is InChI=1S/C43H74N2O15/c1-17-30-43(12,51)35(48)26(7)44-38(49)22(3)20-41(10,52-15)36(60-40-34(56-28(9)46)29(45(13)14)19-23(4)54-40)24(5)33(25(6)39(50)57-30)59-32-21-42(11,53-16)37(27(8)55-32)58-31(47)18-2/h18,22-27,29-30,32-37,40,48,51H,2,17,19-21H2,1,3-16H3,(H,44,49)/t22-,23-,24+,25-,26-,27+,29+,30-,32?,33+,34-,35-,36-,37+,40+,41-,42-,43-/m1/s1. The lowest BCUT2D eigenvalue weighted by atomic mass is 9.77. The van der Waals surface area contributed by atoms with Crippen LogP contribution in [-0.4, -0.2) is 158 Å². The third-order valence-electron chi connectivity index (χ3n) is 12.8. The van der Waals surface area contributed by atoms with Crippen molar-refractivity contribution in [2.75, 3.05) is 28.3 Å². The molecule has 17 heteroatoms. The monoisotopic (exact) mass is 859 g/mol. The van der Waals surface area contributed by atoms with E-state index in [4.69, 9.17) is 42.6 Å². The Bertz CT molecular complexity index is 1480. The van der Waals surface area contributed by atoms with Crippen LogP contribution in [0.15, 0.2) is 12.7 Å². The lowest BCUT2D eigenvalue weighted by molar-refractivity contribution is -0.320. The van der Waals surface area contributed by atoms with Gasteiger partial charge in [0.1, 0.15) is 23.4 Å². The van der Waals surface area contributed by atoms with Crippen molar-refractivity contribution in [2.24, 2.45) is 17.8 Å². The van der Waals surface area contributed by atoms with Crippen LogP contribution in [0.5, 0.6) is 0 Å². The fourth-order valence-corrected chi connectivity index (χ4v) is 9.10. The summed E-state index contributed by atoms with van der Waals surface area (Å²) in [5.41, 5.74) is -4.43. The highest BCUT2D eigenvalue weighted by atomic mass is 16.7. The number of aliphatic hydroxyl groups excluding tert-OH is 1. The molecule has 3 saturated heterocycles. The molecule has 1 amide bonds. The molecule has 3 aliphatic heterocycles. The number of likely N-dealkylation sites (N-methyl/N-ethyl adjacent to an activating group) is 1. The second-order valence-electron chi connectivity index (χ2n) is 17.9. The summed E-state index contributed by atoms with van der Waals surface area (Å²) in [6.07, 6.45) is -8.10. The van der Waals surface area contributed by atoms with Crippen molar-refractivity contribution in [3.63, 3.8) is 0 Å². The van der Waals surface area contributed by atoms with E-state index in [1.807, 2.05) is 32.8 Å². The number of aliphatic hydroxyl groups is 2. The molecule has 17 nitrogen and oxygen atoms in total. The molecule has 0 saturated carbocycles. The summed E-state index contributed by atoms with van der Waals surface area (Å²) in [4.78, 5) is 55.2. The number of esters is 3. The number of hydrogen-bond acceptors (Lipinski definition) is 16. The number of hydrogen-bond donors (Lipinski definition) is 3. The molecule has 0 spiro atoms. The zero-order valence-corrected chi connectivity index (χ0v) is 38.4. The van der Waals surface area contributed by atoms with E-state index in [9.17, 15) is 29.4 Å². The molecule has 0 bridgehead atoms. The number of nitrogens with zero attached hydrogens (tertiary/aromatic N) is 1. The molecule has 60 heavy (non-hydrogen) atoms. The van der Waals surface area contributed by atoms with E-state index in [1.54, 1.807) is 48.5 Å². The Morgan fingerprint density at radius 2 is 1.53 bits per heavy atom. The van der Waals surface area contributed by atoms with Gasteiger partial charge in [0.2, 0.25) is 5.91 Å². The average Bonchev–Trinajstić information content (AvgIpc) is 3.18. The van der Waals surface area contributed by atoms with Gasteiger partial charge < -0.3 is 63.1 Å². The van der Waals surface area contributed by atoms with Crippen LogP contribution in [0.3, 0.4) is 0 Å². The third kappa shape index (κ3) is 11.8. The Balaban J connectivity index is 2.28. The van der Waals surface area contributed by atoms with E-state index < -0.39 is 120 Å². The first-order valence-electron chi connectivity index (χ1n) is 21.1. The van der Waals surface area contributed by atoms with E-state index in [0.29, 0.717) is 6.42 Å². The highest BCUT2D eigenvalue weighted by Gasteiger charge is 2.54. The van der Waals surface area contributed by atoms with Gasteiger partial charge in [-0.05, 0) is 81.8 Å². The maximum atomic E-state index is 14.5. The van der Waals surface area contributed by atoms with Crippen LogP contribution >= 0.6 is 0 Å². The predicted octanol–water partition coefficient (Wildman–Crippen LogP) is 3.05. The number of amides is 1. The maximum Gasteiger partial charge on any atom is 0.330 e. The number of rotatable bonds is 11. The number of ether oxygens (including phenoxy) is 9. The second-order valence-corrected chi connectivity index (χ2v) is 17.9. The molecule has 0 radical (unpaired) electrons. The van der Waals surface area contributed by atoms with E-state index in [-0.39, 0.29) is 31.4 Å². The summed E-state index contributed by atoms with van der Waals surface area (Å²) in [6.45, 7) is 21.7. The first-order valence-corrected chi connectivity index (χ1v) is 21.1. The molecule has 3 heterocycles. The summed E-state index contributed by atoms with van der Waals surface area (Å²) >= 11 is 0. The van der Waals surface area contributed by atoms with Crippen molar-refractivity contribution >= 4 is 23.8 Å². The fraction of sp³-hybridized carbons (Fsp3) is 0.860. The van der Waals surface area contributed by atoms with Crippen LogP contribution < -0.4 is 5.32 Å². The molecule has 3 rings (SSSR count). The summed E-state index contributed by atoms with van der Waals surface area (Å²) < 4.78 is 56.6. The van der Waals surface area contributed by atoms with Crippen LogP contribution in [0.2, 0.25) is 0 Å². The zero-order chi connectivity index (χ0) is 45.7.